The van der Waals surface area contributed by atoms with Crippen LogP contribution in [-0.4, -0.2) is 25.6 Å². The van der Waals surface area contributed by atoms with Crippen molar-refractivity contribution in [2.24, 2.45) is 0 Å². The van der Waals surface area contributed by atoms with Crippen LogP contribution in [0.25, 0.3) is 10.8 Å². The first-order chi connectivity index (χ1) is 9.81. The minimum absolute atomic E-state index is 0.634. The second-order valence-electron chi connectivity index (χ2n) is 4.69. The Morgan fingerprint density at radius 1 is 1.00 bits per heavy atom. The first-order valence-electron chi connectivity index (χ1n) is 7.27. The molecule has 0 aromatic heterocycles. The van der Waals surface area contributed by atoms with E-state index in [0.717, 1.165) is 25.3 Å². The van der Waals surface area contributed by atoms with Gasteiger partial charge in [-0.15, -0.1) is 11.6 Å². The van der Waals surface area contributed by atoms with Crippen LogP contribution < -0.4 is 9.64 Å². The molecule has 0 saturated carbocycles. The third kappa shape index (κ3) is 3.18. The molecule has 0 aliphatic rings. The maximum atomic E-state index is 5.86. The Balaban J connectivity index is 2.40. The van der Waals surface area contributed by atoms with Crippen molar-refractivity contribution in [3.63, 3.8) is 0 Å². The van der Waals surface area contributed by atoms with Gasteiger partial charge in [0.1, 0.15) is 5.75 Å². The molecule has 0 unspecified atom stereocenters. The Morgan fingerprint density at radius 2 is 1.70 bits per heavy atom. The summed E-state index contributed by atoms with van der Waals surface area (Å²) in [6, 6.07) is 12.7. The van der Waals surface area contributed by atoms with E-state index in [2.05, 4.69) is 49.1 Å². The van der Waals surface area contributed by atoms with Gasteiger partial charge in [-0.25, -0.2) is 0 Å². The van der Waals surface area contributed by atoms with Gasteiger partial charge in [-0.1, -0.05) is 24.3 Å². The summed E-state index contributed by atoms with van der Waals surface area (Å²) in [6.07, 6.45) is 0.869. The summed E-state index contributed by atoms with van der Waals surface area (Å²) in [5.41, 5.74) is 1.27. The first kappa shape index (κ1) is 15.0. The highest BCUT2D eigenvalue weighted by atomic mass is 35.5. The Bertz CT molecular complexity index is 552. The first-order valence-corrected chi connectivity index (χ1v) is 7.80. The van der Waals surface area contributed by atoms with Crippen LogP contribution in [0.3, 0.4) is 0 Å². The van der Waals surface area contributed by atoms with Crippen molar-refractivity contribution in [1.82, 2.24) is 0 Å². The van der Waals surface area contributed by atoms with Crippen LogP contribution in [0.5, 0.6) is 5.75 Å². The molecule has 2 aromatic carbocycles. The number of benzene rings is 2. The number of hydrogen-bond donors (Lipinski definition) is 0. The number of nitrogens with zero attached hydrogens (tertiary/aromatic N) is 1. The van der Waals surface area contributed by atoms with E-state index in [-0.39, 0.29) is 0 Å². The van der Waals surface area contributed by atoms with Crippen molar-refractivity contribution in [2.75, 3.05) is 30.5 Å². The van der Waals surface area contributed by atoms with E-state index in [4.69, 9.17) is 16.3 Å². The second-order valence-corrected chi connectivity index (χ2v) is 5.07. The lowest BCUT2D eigenvalue weighted by Gasteiger charge is -2.23. The number of rotatable bonds is 7. The van der Waals surface area contributed by atoms with E-state index in [0.29, 0.717) is 12.5 Å². The molecule has 0 atom stereocenters. The summed E-state index contributed by atoms with van der Waals surface area (Å²) in [7, 11) is 0. The van der Waals surface area contributed by atoms with Gasteiger partial charge in [0, 0.05) is 35.4 Å². The zero-order valence-corrected chi connectivity index (χ0v) is 13.0. The minimum Gasteiger partial charge on any atom is -0.493 e. The smallest absolute Gasteiger partial charge is 0.127 e. The Labute approximate surface area is 126 Å². The maximum absolute atomic E-state index is 5.86. The van der Waals surface area contributed by atoms with Crippen LogP contribution in [-0.2, 0) is 0 Å². The summed E-state index contributed by atoms with van der Waals surface area (Å²) in [4.78, 5) is 2.37. The van der Waals surface area contributed by atoms with Gasteiger partial charge in [-0.05, 0) is 32.4 Å². The van der Waals surface area contributed by atoms with Crippen molar-refractivity contribution in [2.45, 2.75) is 20.3 Å². The van der Waals surface area contributed by atoms with Gasteiger partial charge in [-0.3, -0.25) is 0 Å². The van der Waals surface area contributed by atoms with Crippen molar-refractivity contribution in [1.29, 1.82) is 0 Å². The lowest BCUT2D eigenvalue weighted by molar-refractivity contribution is 0.322. The van der Waals surface area contributed by atoms with Gasteiger partial charge in [0.15, 0.2) is 0 Å². The van der Waals surface area contributed by atoms with Gasteiger partial charge in [0.25, 0.3) is 0 Å². The molecule has 2 aromatic rings. The minimum atomic E-state index is 0.634. The van der Waals surface area contributed by atoms with Crippen molar-refractivity contribution >= 4 is 28.1 Å². The van der Waals surface area contributed by atoms with Crippen molar-refractivity contribution < 1.29 is 4.74 Å². The van der Waals surface area contributed by atoms with Gasteiger partial charge in [0.2, 0.25) is 0 Å². The fourth-order valence-corrected chi connectivity index (χ4v) is 2.58. The molecule has 0 radical (unpaired) electrons. The largest absolute Gasteiger partial charge is 0.493 e. The molecule has 0 fully saturated rings. The zero-order chi connectivity index (χ0) is 14.4. The number of anilines is 1. The topological polar surface area (TPSA) is 12.5 Å². The fourth-order valence-electron chi connectivity index (χ4n) is 2.47. The van der Waals surface area contributed by atoms with Crippen LogP contribution in [0.4, 0.5) is 5.69 Å². The summed E-state index contributed by atoms with van der Waals surface area (Å²) in [5.74, 6) is 1.58. The highest BCUT2D eigenvalue weighted by molar-refractivity contribution is 6.17. The molecular weight excluding hydrogens is 270 g/mol. The quantitative estimate of drug-likeness (QED) is 0.542. The van der Waals surface area contributed by atoms with Gasteiger partial charge < -0.3 is 9.64 Å². The average Bonchev–Trinajstić information content (AvgIpc) is 2.49. The molecule has 2 nitrogen and oxygen atoms in total. The van der Waals surface area contributed by atoms with Crippen LogP contribution in [0.15, 0.2) is 36.4 Å². The Morgan fingerprint density at radius 3 is 2.40 bits per heavy atom. The van der Waals surface area contributed by atoms with E-state index < -0.39 is 0 Å². The van der Waals surface area contributed by atoms with E-state index in [9.17, 15) is 0 Å². The van der Waals surface area contributed by atoms with Gasteiger partial charge in [-0.2, -0.15) is 0 Å². The number of fused-ring (bicyclic) bond motifs is 1. The standard InChI is InChI=1S/C17H22ClNO/c1-3-19(4-2)16-10-5-9-15-14(16)8-6-11-17(15)20-13-7-12-18/h5-6,8-11H,3-4,7,12-13H2,1-2H3. The SMILES string of the molecule is CCN(CC)c1cccc2c(OCCCCl)cccc12. The number of ether oxygens (including phenoxy) is 1. The van der Waals surface area contributed by atoms with Crippen LogP contribution in [0.2, 0.25) is 0 Å². The van der Waals surface area contributed by atoms with Gasteiger partial charge in [0.05, 0.1) is 6.61 Å². The van der Waals surface area contributed by atoms with Crippen LogP contribution >= 0.6 is 11.6 Å². The summed E-state index contributed by atoms with van der Waals surface area (Å²) in [6.45, 7) is 7.05. The summed E-state index contributed by atoms with van der Waals surface area (Å²) in [5, 5.41) is 2.42. The van der Waals surface area contributed by atoms with Crippen LogP contribution in [0, 0.1) is 0 Å². The normalized spacial score (nSPS) is 10.8. The van der Waals surface area contributed by atoms with Crippen molar-refractivity contribution in [3.8, 4) is 5.75 Å². The molecule has 0 spiro atoms. The Hall–Kier alpha value is -1.41. The highest BCUT2D eigenvalue weighted by Crippen LogP contribution is 2.32. The molecule has 108 valence electrons. The molecule has 0 amide bonds. The van der Waals surface area contributed by atoms with E-state index in [1.807, 2.05) is 6.07 Å². The molecule has 0 heterocycles. The zero-order valence-electron chi connectivity index (χ0n) is 12.2. The maximum Gasteiger partial charge on any atom is 0.127 e. The lowest BCUT2D eigenvalue weighted by Crippen LogP contribution is -2.21. The highest BCUT2D eigenvalue weighted by Gasteiger charge is 2.09. The lowest BCUT2D eigenvalue weighted by atomic mass is 10.1. The molecule has 0 saturated heterocycles. The molecule has 0 N–H and O–H groups in total. The molecule has 2 rings (SSSR count). The summed E-state index contributed by atoms with van der Waals surface area (Å²) < 4.78 is 5.86. The number of hydrogen-bond acceptors (Lipinski definition) is 2. The van der Waals surface area contributed by atoms with E-state index >= 15 is 0 Å². The van der Waals surface area contributed by atoms with E-state index in [1.54, 1.807) is 0 Å². The molecule has 0 aliphatic carbocycles. The van der Waals surface area contributed by atoms with Crippen LogP contribution in [0.1, 0.15) is 20.3 Å². The Kier molecular flexibility index (Phi) is 5.54. The molecule has 0 aliphatic heterocycles. The molecule has 3 heteroatoms. The molecular formula is C17H22ClNO. The third-order valence-corrected chi connectivity index (χ3v) is 3.77. The van der Waals surface area contributed by atoms with E-state index in [1.165, 1.54) is 16.5 Å². The predicted molar refractivity (Wildman–Crippen MR) is 88.3 cm³/mol. The fraction of sp³-hybridized carbons (Fsp3) is 0.412. The third-order valence-electron chi connectivity index (χ3n) is 3.50. The second kappa shape index (κ2) is 7.39. The number of alkyl halides is 1. The molecule has 20 heavy (non-hydrogen) atoms. The molecule has 0 bridgehead atoms. The van der Waals surface area contributed by atoms with Gasteiger partial charge >= 0.3 is 0 Å². The van der Waals surface area contributed by atoms with Crippen molar-refractivity contribution in [3.05, 3.63) is 36.4 Å². The predicted octanol–water partition coefficient (Wildman–Crippen LogP) is 4.69. The average molecular weight is 292 g/mol. The monoisotopic (exact) mass is 291 g/mol. The number of halogens is 1. The summed E-state index contributed by atoms with van der Waals surface area (Å²) >= 11 is 5.70.